The van der Waals surface area contributed by atoms with Crippen LogP contribution in [0.4, 0.5) is 0 Å². The molecule has 0 radical (unpaired) electrons. The van der Waals surface area contributed by atoms with Crippen LogP contribution in [0, 0.1) is 0 Å². The van der Waals surface area contributed by atoms with Gasteiger partial charge in [0.1, 0.15) is 0 Å². The standard InChI is InChI=1S/C5H8O5.C3H6O3/c1-9-3-10-5(8)2-4(6)7;1-6-2-3(4)5/h2-3H2,1H3,(H,6,7);2H2,1H3,(H,4,5)/p-2. The minimum absolute atomic E-state index is 0.230. The summed E-state index contributed by atoms with van der Waals surface area (Å²) in [5.41, 5.74) is 0. The van der Waals surface area contributed by atoms with E-state index in [1.54, 1.807) is 0 Å². The third-order valence-electron chi connectivity index (χ3n) is 0.889. The van der Waals surface area contributed by atoms with Gasteiger partial charge in [-0.1, -0.05) is 0 Å². The molecule has 0 heterocycles. The molecule has 0 aliphatic carbocycles. The fourth-order valence-corrected chi connectivity index (χ4v) is 0.411. The third kappa shape index (κ3) is 18.2. The van der Waals surface area contributed by atoms with E-state index in [2.05, 4.69) is 14.2 Å². The molecule has 0 rings (SSSR count). The van der Waals surface area contributed by atoms with Gasteiger partial charge in [0.2, 0.25) is 0 Å². The summed E-state index contributed by atoms with van der Waals surface area (Å²) in [7, 11) is 2.63. The predicted molar refractivity (Wildman–Crippen MR) is 44.5 cm³/mol. The predicted octanol–water partition coefficient (Wildman–Crippen LogP) is -3.34. The Bertz CT molecular complexity index is 224. The number of carboxylic acids is 2. The Morgan fingerprint density at radius 3 is 1.81 bits per heavy atom. The summed E-state index contributed by atoms with van der Waals surface area (Å²) in [6.45, 7) is -0.549. The van der Waals surface area contributed by atoms with E-state index in [-0.39, 0.29) is 13.4 Å². The second-order valence-corrected chi connectivity index (χ2v) is 2.28. The highest BCUT2D eigenvalue weighted by molar-refractivity contribution is 5.88. The molecule has 8 heteroatoms. The maximum atomic E-state index is 10.3. The minimum Gasteiger partial charge on any atom is -0.550 e. The molecule has 0 aromatic carbocycles. The number of ether oxygens (including phenoxy) is 3. The molecule has 0 aliphatic heterocycles. The van der Waals surface area contributed by atoms with Crippen molar-refractivity contribution in [2.24, 2.45) is 0 Å². The number of hydrogen-bond donors (Lipinski definition) is 0. The number of carbonyl (C=O) groups excluding carboxylic acids is 3. The molecule has 94 valence electrons. The number of rotatable bonds is 6. The Morgan fingerprint density at radius 1 is 1.00 bits per heavy atom. The maximum absolute atomic E-state index is 10.3. The quantitative estimate of drug-likeness (QED) is 0.266. The first-order valence-electron chi connectivity index (χ1n) is 3.97. The van der Waals surface area contributed by atoms with E-state index in [9.17, 15) is 24.6 Å². The van der Waals surface area contributed by atoms with E-state index in [1.165, 1.54) is 14.2 Å². The average molecular weight is 236 g/mol. The number of carbonyl (C=O) groups is 3. The summed E-state index contributed by atoms with van der Waals surface area (Å²) in [4.78, 5) is 29.4. The molecule has 0 saturated carbocycles. The van der Waals surface area contributed by atoms with Crippen LogP contribution in [0.5, 0.6) is 0 Å². The van der Waals surface area contributed by atoms with Gasteiger partial charge in [-0.15, -0.1) is 0 Å². The van der Waals surface area contributed by atoms with Gasteiger partial charge in [-0.25, -0.2) is 0 Å². The molecule has 0 spiro atoms. The largest absolute Gasteiger partial charge is 0.550 e. The molecule has 0 atom stereocenters. The molecule has 0 aliphatic rings. The van der Waals surface area contributed by atoms with Gasteiger partial charge in [-0.2, -0.15) is 0 Å². The molecular formula is C8H12O8-2. The van der Waals surface area contributed by atoms with Crippen LogP contribution in [-0.4, -0.2) is 45.5 Å². The Hall–Kier alpha value is -1.67. The van der Waals surface area contributed by atoms with Crippen molar-refractivity contribution in [2.75, 3.05) is 27.6 Å². The van der Waals surface area contributed by atoms with Gasteiger partial charge < -0.3 is 34.0 Å². The molecule has 0 saturated heterocycles. The highest BCUT2D eigenvalue weighted by atomic mass is 16.7. The van der Waals surface area contributed by atoms with Gasteiger partial charge in [0.05, 0.1) is 25.0 Å². The summed E-state index contributed by atoms with van der Waals surface area (Å²) >= 11 is 0. The van der Waals surface area contributed by atoms with E-state index in [0.717, 1.165) is 0 Å². The monoisotopic (exact) mass is 236 g/mol. The lowest BCUT2D eigenvalue weighted by Crippen LogP contribution is -2.26. The minimum atomic E-state index is -1.46. The van der Waals surface area contributed by atoms with Crippen molar-refractivity contribution in [3.63, 3.8) is 0 Å². The van der Waals surface area contributed by atoms with Crippen LogP contribution in [0.25, 0.3) is 0 Å². The third-order valence-corrected chi connectivity index (χ3v) is 0.889. The first-order chi connectivity index (χ1) is 7.43. The highest BCUT2D eigenvalue weighted by Gasteiger charge is 2.00. The molecule has 0 bridgehead atoms. The molecule has 8 nitrogen and oxygen atoms in total. The first kappa shape index (κ1) is 16.7. The van der Waals surface area contributed by atoms with Crippen molar-refractivity contribution in [1.82, 2.24) is 0 Å². The Balaban J connectivity index is 0. The number of hydrogen-bond acceptors (Lipinski definition) is 8. The fraction of sp³-hybridized carbons (Fsp3) is 0.625. The lowest BCUT2D eigenvalue weighted by atomic mass is 10.4. The lowest BCUT2D eigenvalue weighted by Gasteiger charge is -2.02. The van der Waals surface area contributed by atoms with Crippen LogP contribution in [-0.2, 0) is 28.6 Å². The zero-order valence-corrected chi connectivity index (χ0v) is 8.89. The van der Waals surface area contributed by atoms with Gasteiger partial charge in [0, 0.05) is 14.2 Å². The average Bonchev–Trinajstić information content (AvgIpc) is 2.14. The lowest BCUT2D eigenvalue weighted by molar-refractivity contribution is -0.309. The van der Waals surface area contributed by atoms with Crippen LogP contribution in [0.2, 0.25) is 0 Å². The summed E-state index contributed by atoms with van der Waals surface area (Å²) in [6.07, 6.45) is -0.733. The van der Waals surface area contributed by atoms with E-state index in [1.807, 2.05) is 0 Å². The first-order valence-corrected chi connectivity index (χ1v) is 3.97. The SMILES string of the molecule is COCC(=O)[O-].COCOC(=O)CC(=O)[O-]. The molecule has 0 unspecified atom stereocenters. The molecule has 16 heavy (non-hydrogen) atoms. The Labute approximate surface area is 91.7 Å². The van der Waals surface area contributed by atoms with Crippen LogP contribution < -0.4 is 10.2 Å². The molecule has 0 aromatic rings. The number of esters is 1. The smallest absolute Gasteiger partial charge is 0.313 e. The van der Waals surface area contributed by atoms with E-state index < -0.39 is 24.3 Å². The molecular weight excluding hydrogens is 224 g/mol. The van der Waals surface area contributed by atoms with Crippen molar-refractivity contribution in [1.29, 1.82) is 0 Å². The normalized spacial score (nSPS) is 8.62. The van der Waals surface area contributed by atoms with Crippen molar-refractivity contribution in [2.45, 2.75) is 6.42 Å². The van der Waals surface area contributed by atoms with E-state index >= 15 is 0 Å². The Morgan fingerprint density at radius 2 is 1.56 bits per heavy atom. The zero-order valence-electron chi connectivity index (χ0n) is 8.89. The summed E-state index contributed by atoms with van der Waals surface area (Å²) in [5.74, 6) is -3.50. The molecule has 0 N–H and O–H groups in total. The number of aliphatic carboxylic acids is 2. The molecule has 0 aromatic heterocycles. The van der Waals surface area contributed by atoms with Crippen molar-refractivity contribution in [3.8, 4) is 0 Å². The fourth-order valence-electron chi connectivity index (χ4n) is 0.411. The Kier molecular flexibility index (Phi) is 11.9. The van der Waals surface area contributed by atoms with Crippen molar-refractivity contribution in [3.05, 3.63) is 0 Å². The van der Waals surface area contributed by atoms with Crippen molar-refractivity contribution >= 4 is 17.9 Å². The van der Waals surface area contributed by atoms with E-state index in [0.29, 0.717) is 0 Å². The summed E-state index contributed by atoms with van der Waals surface area (Å²) < 4.78 is 12.7. The zero-order chi connectivity index (χ0) is 13.0. The van der Waals surface area contributed by atoms with Gasteiger partial charge in [-0.05, 0) is 0 Å². The van der Waals surface area contributed by atoms with Crippen LogP contribution >= 0.6 is 0 Å². The van der Waals surface area contributed by atoms with Gasteiger partial charge in [0.15, 0.2) is 6.79 Å². The number of methoxy groups -OCH3 is 2. The van der Waals surface area contributed by atoms with Crippen LogP contribution in [0.1, 0.15) is 6.42 Å². The van der Waals surface area contributed by atoms with Gasteiger partial charge in [0.25, 0.3) is 0 Å². The summed E-state index contributed by atoms with van der Waals surface area (Å²) in [5, 5.41) is 19.1. The van der Waals surface area contributed by atoms with Crippen molar-refractivity contribution < 1.29 is 38.8 Å². The topological polar surface area (TPSA) is 125 Å². The number of carboxylic acid groups (broad SMARTS) is 2. The van der Waals surface area contributed by atoms with Crippen LogP contribution in [0.15, 0.2) is 0 Å². The second kappa shape index (κ2) is 11.4. The summed E-state index contributed by atoms with van der Waals surface area (Å²) in [6, 6.07) is 0. The van der Waals surface area contributed by atoms with E-state index in [4.69, 9.17) is 0 Å². The van der Waals surface area contributed by atoms with Crippen LogP contribution in [0.3, 0.4) is 0 Å². The van der Waals surface area contributed by atoms with Gasteiger partial charge >= 0.3 is 5.97 Å². The highest BCUT2D eigenvalue weighted by Crippen LogP contribution is 1.83. The molecule has 0 fully saturated rings. The molecule has 0 amide bonds. The van der Waals surface area contributed by atoms with Gasteiger partial charge in [-0.3, -0.25) is 4.79 Å². The maximum Gasteiger partial charge on any atom is 0.313 e. The second-order valence-electron chi connectivity index (χ2n) is 2.28.